The monoisotopic (exact) mass is 266 g/mol. The number of nitrogen functional groups attached to an aromatic ring is 1. The van der Waals surface area contributed by atoms with Gasteiger partial charge < -0.3 is 5.73 Å². The van der Waals surface area contributed by atoms with Crippen molar-refractivity contribution in [1.82, 2.24) is 9.78 Å². The van der Waals surface area contributed by atoms with Crippen molar-refractivity contribution >= 4 is 5.82 Å². The number of aromatic nitrogens is 2. The van der Waals surface area contributed by atoms with E-state index in [1.807, 2.05) is 28.9 Å². The smallest absolute Gasteiger partial charge is 0.126 e. The lowest BCUT2D eigenvalue weighted by Crippen LogP contribution is -2.07. The third-order valence-electron chi connectivity index (χ3n) is 3.75. The Labute approximate surface area is 118 Å². The van der Waals surface area contributed by atoms with E-state index in [2.05, 4.69) is 19.9 Å². The van der Waals surface area contributed by atoms with Crippen LogP contribution in [0, 0.1) is 11.3 Å². The Kier molecular flexibility index (Phi) is 2.98. The summed E-state index contributed by atoms with van der Waals surface area (Å²) in [5.41, 5.74) is 10.2. The average molecular weight is 266 g/mol. The molecule has 1 aromatic heterocycles. The van der Waals surface area contributed by atoms with E-state index in [1.54, 1.807) is 0 Å². The van der Waals surface area contributed by atoms with E-state index in [0.717, 1.165) is 17.1 Å². The molecule has 2 aromatic rings. The van der Waals surface area contributed by atoms with Gasteiger partial charge in [0, 0.05) is 17.2 Å². The molecule has 0 saturated heterocycles. The molecule has 0 amide bonds. The average Bonchev–Trinajstić information content (AvgIpc) is 3.22. The Balaban J connectivity index is 2.12. The van der Waals surface area contributed by atoms with Crippen LogP contribution in [0.1, 0.15) is 49.8 Å². The Morgan fingerprint density at radius 1 is 1.30 bits per heavy atom. The summed E-state index contributed by atoms with van der Waals surface area (Å²) in [7, 11) is 0. The second-order valence-corrected chi connectivity index (χ2v) is 5.65. The van der Waals surface area contributed by atoms with Crippen LogP contribution in [0.25, 0.3) is 11.3 Å². The first-order valence-electron chi connectivity index (χ1n) is 7.00. The normalized spacial score (nSPS) is 14.5. The van der Waals surface area contributed by atoms with E-state index in [0.29, 0.717) is 11.5 Å². The van der Waals surface area contributed by atoms with Crippen molar-refractivity contribution in [3.63, 3.8) is 0 Å². The van der Waals surface area contributed by atoms with Gasteiger partial charge in [-0.25, -0.2) is 4.68 Å². The predicted octanol–water partition coefficient (Wildman–Crippen LogP) is 3.46. The molecule has 1 aromatic carbocycles. The highest BCUT2D eigenvalue weighted by Gasteiger charge is 2.32. The molecule has 3 rings (SSSR count). The molecule has 0 aliphatic heterocycles. The number of nitrogens with two attached hydrogens (primary N) is 1. The van der Waals surface area contributed by atoms with E-state index in [1.165, 1.54) is 18.4 Å². The largest absolute Gasteiger partial charge is 0.384 e. The van der Waals surface area contributed by atoms with Crippen molar-refractivity contribution < 1.29 is 0 Å². The minimum atomic E-state index is 0.250. The molecular formula is C16H18N4. The fourth-order valence-corrected chi connectivity index (χ4v) is 2.54. The SMILES string of the molecule is CC(C)n1nc(-c2ccc(C#N)cc2)c(C2CC2)c1N. The van der Waals surface area contributed by atoms with Crippen LogP contribution in [0.3, 0.4) is 0 Å². The van der Waals surface area contributed by atoms with E-state index in [-0.39, 0.29) is 6.04 Å². The van der Waals surface area contributed by atoms with Gasteiger partial charge in [-0.3, -0.25) is 0 Å². The van der Waals surface area contributed by atoms with Gasteiger partial charge in [-0.15, -0.1) is 0 Å². The van der Waals surface area contributed by atoms with Gasteiger partial charge in [-0.2, -0.15) is 10.4 Å². The van der Waals surface area contributed by atoms with Crippen LogP contribution in [0.4, 0.5) is 5.82 Å². The molecule has 0 unspecified atom stereocenters. The lowest BCUT2D eigenvalue weighted by atomic mass is 10.0. The third kappa shape index (κ3) is 2.05. The molecule has 4 heteroatoms. The Morgan fingerprint density at radius 2 is 1.95 bits per heavy atom. The van der Waals surface area contributed by atoms with Gasteiger partial charge in [-0.1, -0.05) is 12.1 Å². The first-order valence-corrected chi connectivity index (χ1v) is 7.00. The molecule has 0 spiro atoms. The van der Waals surface area contributed by atoms with Crippen molar-refractivity contribution in [3.05, 3.63) is 35.4 Å². The lowest BCUT2D eigenvalue weighted by Gasteiger charge is -2.07. The molecule has 2 N–H and O–H groups in total. The van der Waals surface area contributed by atoms with Crippen LogP contribution in [-0.2, 0) is 0 Å². The van der Waals surface area contributed by atoms with Crippen LogP contribution in [0.2, 0.25) is 0 Å². The number of nitrogens with zero attached hydrogens (tertiary/aromatic N) is 3. The van der Waals surface area contributed by atoms with Gasteiger partial charge >= 0.3 is 0 Å². The molecular weight excluding hydrogens is 248 g/mol. The topological polar surface area (TPSA) is 67.6 Å². The zero-order valence-electron chi connectivity index (χ0n) is 11.8. The molecule has 1 fully saturated rings. The number of nitriles is 1. The second-order valence-electron chi connectivity index (χ2n) is 5.65. The summed E-state index contributed by atoms with van der Waals surface area (Å²) in [4.78, 5) is 0. The van der Waals surface area contributed by atoms with E-state index in [9.17, 15) is 0 Å². The molecule has 1 saturated carbocycles. The second kappa shape index (κ2) is 4.68. The Hall–Kier alpha value is -2.28. The molecule has 1 aliphatic carbocycles. The number of rotatable bonds is 3. The summed E-state index contributed by atoms with van der Waals surface area (Å²) in [5, 5.41) is 13.6. The fraction of sp³-hybridized carbons (Fsp3) is 0.375. The van der Waals surface area contributed by atoms with Crippen molar-refractivity contribution in [2.24, 2.45) is 0 Å². The molecule has 4 nitrogen and oxygen atoms in total. The Morgan fingerprint density at radius 3 is 2.45 bits per heavy atom. The lowest BCUT2D eigenvalue weighted by molar-refractivity contribution is 0.542. The molecule has 1 aliphatic rings. The highest BCUT2D eigenvalue weighted by atomic mass is 15.3. The highest BCUT2D eigenvalue weighted by molar-refractivity contribution is 5.70. The van der Waals surface area contributed by atoms with Crippen LogP contribution in [0.5, 0.6) is 0 Å². The van der Waals surface area contributed by atoms with Crippen LogP contribution >= 0.6 is 0 Å². The summed E-state index contributed by atoms with van der Waals surface area (Å²) < 4.78 is 1.90. The van der Waals surface area contributed by atoms with Gasteiger partial charge in [-0.05, 0) is 44.7 Å². The standard InChI is InChI=1S/C16H18N4/c1-10(2)20-16(18)14(12-7-8-12)15(19-20)13-5-3-11(9-17)4-6-13/h3-6,10,12H,7-8,18H2,1-2H3. The van der Waals surface area contributed by atoms with Crippen LogP contribution in [0.15, 0.2) is 24.3 Å². The number of anilines is 1. The first-order chi connectivity index (χ1) is 9.61. The quantitative estimate of drug-likeness (QED) is 0.925. The van der Waals surface area contributed by atoms with Crippen LogP contribution < -0.4 is 5.73 Å². The maximum Gasteiger partial charge on any atom is 0.126 e. The van der Waals surface area contributed by atoms with Crippen molar-refractivity contribution in [3.8, 4) is 17.3 Å². The van der Waals surface area contributed by atoms with Crippen molar-refractivity contribution in [1.29, 1.82) is 5.26 Å². The zero-order valence-corrected chi connectivity index (χ0v) is 11.8. The first kappa shape index (κ1) is 12.7. The predicted molar refractivity (Wildman–Crippen MR) is 79.2 cm³/mol. The minimum Gasteiger partial charge on any atom is -0.384 e. The van der Waals surface area contributed by atoms with Gasteiger partial charge in [0.05, 0.1) is 17.3 Å². The summed E-state index contributed by atoms with van der Waals surface area (Å²) in [6, 6.07) is 9.96. The van der Waals surface area contributed by atoms with Crippen molar-refractivity contribution in [2.45, 2.75) is 38.6 Å². The highest BCUT2D eigenvalue weighted by Crippen LogP contribution is 2.47. The molecule has 20 heavy (non-hydrogen) atoms. The minimum absolute atomic E-state index is 0.250. The summed E-state index contributed by atoms with van der Waals surface area (Å²) in [5.74, 6) is 1.34. The van der Waals surface area contributed by atoms with Crippen LogP contribution in [-0.4, -0.2) is 9.78 Å². The van der Waals surface area contributed by atoms with Gasteiger partial charge in [0.1, 0.15) is 5.82 Å². The Bertz CT molecular complexity index is 670. The van der Waals surface area contributed by atoms with Gasteiger partial charge in [0.2, 0.25) is 0 Å². The number of hydrogen-bond acceptors (Lipinski definition) is 3. The molecule has 1 heterocycles. The zero-order chi connectivity index (χ0) is 14.3. The number of benzene rings is 1. The van der Waals surface area contributed by atoms with E-state index >= 15 is 0 Å². The molecule has 0 bridgehead atoms. The maximum atomic E-state index is 8.88. The summed E-state index contributed by atoms with van der Waals surface area (Å²) in [6.07, 6.45) is 2.38. The third-order valence-corrected chi connectivity index (χ3v) is 3.75. The maximum absolute atomic E-state index is 8.88. The van der Waals surface area contributed by atoms with Gasteiger partial charge in [0.25, 0.3) is 0 Å². The summed E-state index contributed by atoms with van der Waals surface area (Å²) in [6.45, 7) is 4.17. The summed E-state index contributed by atoms with van der Waals surface area (Å²) >= 11 is 0. The molecule has 0 radical (unpaired) electrons. The molecule has 102 valence electrons. The van der Waals surface area contributed by atoms with Gasteiger partial charge in [0.15, 0.2) is 0 Å². The number of hydrogen-bond donors (Lipinski definition) is 1. The van der Waals surface area contributed by atoms with E-state index < -0.39 is 0 Å². The fourth-order valence-electron chi connectivity index (χ4n) is 2.54. The van der Waals surface area contributed by atoms with Crippen molar-refractivity contribution in [2.75, 3.05) is 5.73 Å². The van der Waals surface area contributed by atoms with E-state index in [4.69, 9.17) is 16.1 Å². The molecule has 0 atom stereocenters.